The summed E-state index contributed by atoms with van der Waals surface area (Å²) in [5, 5.41) is 3.81. The zero-order valence-corrected chi connectivity index (χ0v) is 14.6. The van der Waals surface area contributed by atoms with Crippen LogP contribution in [0.15, 0.2) is 16.8 Å². The summed E-state index contributed by atoms with van der Waals surface area (Å²) in [5.74, 6) is 0.386. The van der Waals surface area contributed by atoms with Crippen LogP contribution in [0.1, 0.15) is 37.0 Å². The van der Waals surface area contributed by atoms with Gasteiger partial charge in [0.15, 0.2) is 0 Å². The Labute approximate surface area is 141 Å². The Balaban J connectivity index is 1.67. The molecule has 23 heavy (non-hydrogen) atoms. The van der Waals surface area contributed by atoms with Crippen LogP contribution in [0.2, 0.25) is 0 Å². The molecular weight excluding hydrogens is 312 g/mol. The Morgan fingerprint density at radius 3 is 2.43 bits per heavy atom. The molecule has 2 amide bonds. The van der Waals surface area contributed by atoms with E-state index >= 15 is 0 Å². The van der Waals surface area contributed by atoms with Crippen LogP contribution in [0.3, 0.4) is 0 Å². The van der Waals surface area contributed by atoms with Crippen LogP contribution in [0.4, 0.5) is 0 Å². The Kier molecular flexibility index (Phi) is 5.02. The van der Waals surface area contributed by atoms with Crippen molar-refractivity contribution >= 4 is 23.2 Å². The topological polar surface area (TPSA) is 49.9 Å². The van der Waals surface area contributed by atoms with Gasteiger partial charge < -0.3 is 14.5 Å². The molecule has 0 aliphatic carbocycles. The third kappa shape index (κ3) is 3.28. The lowest BCUT2D eigenvalue weighted by Crippen LogP contribution is -2.61. The van der Waals surface area contributed by atoms with Crippen molar-refractivity contribution in [3.8, 4) is 0 Å². The molecule has 3 rings (SSSR count). The second kappa shape index (κ2) is 7.01. The molecule has 0 N–H and O–H groups in total. The highest BCUT2D eigenvalue weighted by Crippen LogP contribution is 2.25. The van der Waals surface area contributed by atoms with Crippen LogP contribution in [-0.4, -0.2) is 60.0 Å². The second-order valence-electron chi connectivity index (χ2n) is 6.41. The van der Waals surface area contributed by atoms with Gasteiger partial charge in [-0.3, -0.25) is 9.59 Å². The molecule has 6 heteroatoms. The first-order valence-electron chi connectivity index (χ1n) is 8.31. The summed E-state index contributed by atoms with van der Waals surface area (Å²) >= 11 is 1.53. The summed E-state index contributed by atoms with van der Waals surface area (Å²) < 4.78 is 5.35. The van der Waals surface area contributed by atoms with Gasteiger partial charge >= 0.3 is 0 Å². The number of ether oxygens (including phenoxy) is 1. The lowest BCUT2D eigenvalue weighted by Gasteiger charge is -2.46. The molecule has 5 nitrogen and oxygen atoms in total. The van der Waals surface area contributed by atoms with Gasteiger partial charge in [-0.15, -0.1) is 0 Å². The summed E-state index contributed by atoms with van der Waals surface area (Å²) in [6.07, 6.45) is 1.63. The molecule has 2 saturated heterocycles. The average Bonchev–Trinajstić information content (AvgIpc) is 3.11. The summed E-state index contributed by atoms with van der Waals surface area (Å²) in [4.78, 5) is 29.3. The molecule has 0 spiro atoms. The summed E-state index contributed by atoms with van der Waals surface area (Å²) in [7, 11) is 0. The third-order valence-electron chi connectivity index (χ3n) is 5.15. The van der Waals surface area contributed by atoms with Gasteiger partial charge in [0.1, 0.15) is 0 Å². The van der Waals surface area contributed by atoms with Crippen molar-refractivity contribution < 1.29 is 14.3 Å². The van der Waals surface area contributed by atoms with Gasteiger partial charge in [0, 0.05) is 49.7 Å². The molecule has 3 heterocycles. The fraction of sp³-hybridized carbons (Fsp3) is 0.647. The zero-order chi connectivity index (χ0) is 16.4. The van der Waals surface area contributed by atoms with E-state index in [1.165, 1.54) is 11.3 Å². The minimum absolute atomic E-state index is 0.0277. The van der Waals surface area contributed by atoms with Gasteiger partial charge in [-0.05, 0) is 38.1 Å². The summed E-state index contributed by atoms with van der Waals surface area (Å²) in [6, 6.07) is 1.94. The number of hydrogen-bond acceptors (Lipinski definition) is 4. The number of rotatable bonds is 2. The normalized spacial score (nSPS) is 26.3. The van der Waals surface area contributed by atoms with E-state index in [9.17, 15) is 9.59 Å². The van der Waals surface area contributed by atoms with Crippen molar-refractivity contribution in [2.75, 3.05) is 26.3 Å². The maximum absolute atomic E-state index is 12.8. The number of amides is 2. The van der Waals surface area contributed by atoms with Crippen molar-refractivity contribution in [1.29, 1.82) is 0 Å². The monoisotopic (exact) mass is 336 g/mol. The predicted molar refractivity (Wildman–Crippen MR) is 89.5 cm³/mol. The number of thiophene rings is 1. The van der Waals surface area contributed by atoms with Gasteiger partial charge in [-0.1, -0.05) is 0 Å². The van der Waals surface area contributed by atoms with E-state index in [0.29, 0.717) is 26.3 Å². The number of piperazine rings is 1. The number of carbonyl (C=O) groups is 2. The highest BCUT2D eigenvalue weighted by Gasteiger charge is 2.38. The molecular formula is C17H24N2O3S. The van der Waals surface area contributed by atoms with E-state index in [-0.39, 0.29) is 29.8 Å². The van der Waals surface area contributed by atoms with Crippen LogP contribution in [0, 0.1) is 5.92 Å². The fourth-order valence-corrected chi connectivity index (χ4v) is 4.10. The summed E-state index contributed by atoms with van der Waals surface area (Å²) in [6.45, 7) is 6.67. The van der Waals surface area contributed by atoms with Crippen molar-refractivity contribution in [2.45, 2.75) is 38.8 Å². The van der Waals surface area contributed by atoms with Gasteiger partial charge in [0.25, 0.3) is 5.91 Å². The van der Waals surface area contributed by atoms with Crippen LogP contribution < -0.4 is 0 Å². The molecule has 2 atom stereocenters. The number of nitrogens with zero attached hydrogens (tertiary/aromatic N) is 2. The van der Waals surface area contributed by atoms with Gasteiger partial charge in [-0.25, -0.2) is 0 Å². The maximum Gasteiger partial charge on any atom is 0.255 e. The van der Waals surface area contributed by atoms with Crippen LogP contribution in [-0.2, 0) is 9.53 Å². The van der Waals surface area contributed by atoms with Crippen molar-refractivity contribution in [3.05, 3.63) is 22.4 Å². The molecule has 0 radical (unpaired) electrons. The fourth-order valence-electron chi connectivity index (χ4n) is 3.47. The molecule has 1 aromatic heterocycles. The molecule has 2 aliphatic rings. The minimum atomic E-state index is 0.0277. The minimum Gasteiger partial charge on any atom is -0.381 e. The molecule has 0 saturated carbocycles. The lowest BCUT2D eigenvalue weighted by atomic mass is 9.95. The number of hydrogen-bond donors (Lipinski definition) is 0. The smallest absolute Gasteiger partial charge is 0.255 e. The second-order valence-corrected chi connectivity index (χ2v) is 7.19. The predicted octanol–water partition coefficient (Wildman–Crippen LogP) is 2.24. The SMILES string of the molecule is C[C@@H]1[C@@H](C)N(C(=O)C2CCOCC2)CCN1C(=O)c1ccsc1. The first-order chi connectivity index (χ1) is 11.1. The lowest BCUT2D eigenvalue weighted by molar-refractivity contribution is -0.144. The number of carbonyl (C=O) groups excluding carboxylic acids is 2. The van der Waals surface area contributed by atoms with Crippen molar-refractivity contribution in [1.82, 2.24) is 9.80 Å². The van der Waals surface area contributed by atoms with Crippen molar-refractivity contribution in [3.63, 3.8) is 0 Å². The van der Waals surface area contributed by atoms with E-state index in [0.717, 1.165) is 18.4 Å². The van der Waals surface area contributed by atoms with Crippen LogP contribution >= 0.6 is 11.3 Å². The van der Waals surface area contributed by atoms with Gasteiger partial charge in [0.05, 0.1) is 5.56 Å². The highest BCUT2D eigenvalue weighted by molar-refractivity contribution is 7.08. The Bertz CT molecular complexity index is 554. The first kappa shape index (κ1) is 16.5. The quantitative estimate of drug-likeness (QED) is 0.832. The molecule has 1 aromatic rings. The molecule has 126 valence electrons. The largest absolute Gasteiger partial charge is 0.381 e. The molecule has 0 unspecified atom stereocenters. The van der Waals surface area contributed by atoms with Crippen molar-refractivity contribution in [2.24, 2.45) is 5.92 Å². The molecule has 0 bridgehead atoms. The Morgan fingerprint density at radius 2 is 1.78 bits per heavy atom. The van der Waals surface area contributed by atoms with E-state index in [4.69, 9.17) is 4.74 Å². The average molecular weight is 336 g/mol. The molecule has 2 aliphatic heterocycles. The van der Waals surface area contributed by atoms with E-state index < -0.39 is 0 Å². The summed E-state index contributed by atoms with van der Waals surface area (Å²) in [5.41, 5.74) is 0.748. The molecule has 0 aromatic carbocycles. The van der Waals surface area contributed by atoms with Crippen LogP contribution in [0.5, 0.6) is 0 Å². The Hall–Kier alpha value is -1.40. The molecule has 2 fully saturated rings. The van der Waals surface area contributed by atoms with E-state index in [1.54, 1.807) is 0 Å². The van der Waals surface area contributed by atoms with E-state index in [1.807, 2.05) is 33.6 Å². The van der Waals surface area contributed by atoms with E-state index in [2.05, 4.69) is 6.92 Å². The third-order valence-corrected chi connectivity index (χ3v) is 5.83. The van der Waals surface area contributed by atoms with Crippen LogP contribution in [0.25, 0.3) is 0 Å². The Morgan fingerprint density at radius 1 is 1.13 bits per heavy atom. The standard InChI is InChI=1S/C17H24N2O3S/c1-12-13(2)19(17(21)15-5-10-23-11-15)7-6-18(12)16(20)14-3-8-22-9-4-14/h5,10-14H,3-4,6-9H2,1-2H3/t12-,13-/m1/s1. The van der Waals surface area contributed by atoms with Gasteiger partial charge in [-0.2, -0.15) is 11.3 Å². The first-order valence-corrected chi connectivity index (χ1v) is 9.25. The maximum atomic E-state index is 12.8. The van der Waals surface area contributed by atoms with Gasteiger partial charge in [0.2, 0.25) is 5.91 Å². The zero-order valence-electron chi connectivity index (χ0n) is 13.7. The highest BCUT2D eigenvalue weighted by atomic mass is 32.1.